The second-order valence-corrected chi connectivity index (χ2v) is 4.20. The number of carbonyl (C=O) groups excluding carboxylic acids is 1. The fourth-order valence-corrected chi connectivity index (χ4v) is 1.76. The molecule has 1 aromatic heterocycles. The van der Waals surface area contributed by atoms with Crippen molar-refractivity contribution in [2.24, 2.45) is 0 Å². The number of aromatic nitrogens is 1. The summed E-state index contributed by atoms with van der Waals surface area (Å²) in [6.45, 7) is 2.42. The van der Waals surface area contributed by atoms with E-state index in [1.165, 1.54) is 5.56 Å². The smallest absolute Gasteiger partial charge is 0.198 e. The maximum Gasteiger partial charge on any atom is 0.198 e. The summed E-state index contributed by atoms with van der Waals surface area (Å²) in [7, 11) is 1.93. The number of nitrogens with one attached hydrogen (secondary N) is 1. The molecular weight excluding hydrogens is 212 g/mol. The van der Waals surface area contributed by atoms with Crippen LogP contribution in [-0.2, 0) is 0 Å². The molecule has 0 unspecified atom stereocenters. The number of hydrogen-bond donors (Lipinski definition) is 1. The van der Waals surface area contributed by atoms with Gasteiger partial charge >= 0.3 is 0 Å². The first-order valence-electron chi connectivity index (χ1n) is 5.61. The van der Waals surface area contributed by atoms with Crippen molar-refractivity contribution in [3.8, 4) is 0 Å². The minimum atomic E-state index is 0.0963. The van der Waals surface area contributed by atoms with Crippen LogP contribution in [0.5, 0.6) is 0 Å². The summed E-state index contributed by atoms with van der Waals surface area (Å²) in [6.07, 6.45) is 1.76. The molecule has 3 heteroatoms. The Kier molecular flexibility index (Phi) is 3.28. The Morgan fingerprint density at radius 3 is 2.76 bits per heavy atom. The van der Waals surface area contributed by atoms with E-state index in [4.69, 9.17) is 0 Å². The largest absolute Gasteiger partial charge is 0.367 e. The normalized spacial score (nSPS) is 10.2. The Morgan fingerprint density at radius 2 is 2.12 bits per heavy atom. The van der Waals surface area contributed by atoms with E-state index in [-0.39, 0.29) is 5.78 Å². The van der Waals surface area contributed by atoms with Crippen LogP contribution in [-0.4, -0.2) is 24.4 Å². The van der Waals surface area contributed by atoms with Gasteiger partial charge in [0.05, 0.1) is 12.2 Å². The topological polar surface area (TPSA) is 36.1 Å². The highest BCUT2D eigenvalue weighted by atomic mass is 16.1. The van der Waals surface area contributed by atoms with E-state index in [9.17, 15) is 4.79 Å². The van der Waals surface area contributed by atoms with Crippen molar-refractivity contribution in [1.82, 2.24) is 4.98 Å². The quantitative estimate of drug-likeness (QED) is 0.817. The van der Waals surface area contributed by atoms with Crippen LogP contribution in [0.3, 0.4) is 0 Å². The third-order valence-corrected chi connectivity index (χ3v) is 2.72. The Morgan fingerprint density at radius 1 is 1.29 bits per heavy atom. The molecular formula is C14H16N2O. The van der Waals surface area contributed by atoms with Crippen LogP contribution in [0.15, 0.2) is 42.6 Å². The minimum absolute atomic E-state index is 0.0963. The van der Waals surface area contributed by atoms with Crippen molar-refractivity contribution in [2.75, 3.05) is 18.5 Å². The summed E-state index contributed by atoms with van der Waals surface area (Å²) in [5, 5.41) is 0. The summed E-state index contributed by atoms with van der Waals surface area (Å²) in [6, 6.07) is 11.8. The van der Waals surface area contributed by atoms with Gasteiger partial charge in [0, 0.05) is 18.9 Å². The fourth-order valence-electron chi connectivity index (χ4n) is 1.76. The zero-order valence-electron chi connectivity index (χ0n) is 10.1. The first-order valence-corrected chi connectivity index (χ1v) is 5.61. The summed E-state index contributed by atoms with van der Waals surface area (Å²) in [5.41, 5.74) is 2.91. The molecule has 0 atom stereocenters. The van der Waals surface area contributed by atoms with E-state index < -0.39 is 0 Å². The van der Waals surface area contributed by atoms with Crippen molar-refractivity contribution in [1.29, 1.82) is 0 Å². The van der Waals surface area contributed by atoms with E-state index in [0.717, 1.165) is 5.69 Å². The van der Waals surface area contributed by atoms with Crippen LogP contribution < -0.4 is 4.90 Å². The molecule has 0 aliphatic heterocycles. The van der Waals surface area contributed by atoms with E-state index >= 15 is 0 Å². The number of aromatic amines is 1. The molecule has 0 fully saturated rings. The number of aryl methyl sites for hydroxylation is 1. The molecule has 0 saturated carbocycles. The van der Waals surface area contributed by atoms with E-state index in [1.807, 2.05) is 43.1 Å². The lowest BCUT2D eigenvalue weighted by atomic mass is 10.2. The van der Waals surface area contributed by atoms with Gasteiger partial charge in [-0.05, 0) is 36.8 Å². The van der Waals surface area contributed by atoms with Crippen LogP contribution in [0.25, 0.3) is 0 Å². The van der Waals surface area contributed by atoms with Crippen molar-refractivity contribution >= 4 is 11.5 Å². The molecule has 0 saturated heterocycles. The predicted octanol–water partition coefficient (Wildman–Crippen LogP) is 2.64. The van der Waals surface area contributed by atoms with Crippen molar-refractivity contribution < 1.29 is 4.79 Å². The summed E-state index contributed by atoms with van der Waals surface area (Å²) in [5.74, 6) is 0.0963. The molecule has 1 aromatic carbocycles. The number of carbonyl (C=O) groups is 1. The second kappa shape index (κ2) is 4.87. The molecule has 2 rings (SSSR count). The molecule has 1 N–H and O–H groups in total. The number of H-pyrrole nitrogens is 1. The van der Waals surface area contributed by atoms with Crippen molar-refractivity contribution in [2.45, 2.75) is 6.92 Å². The van der Waals surface area contributed by atoms with Crippen LogP contribution in [0, 0.1) is 6.92 Å². The maximum absolute atomic E-state index is 11.9. The third-order valence-electron chi connectivity index (χ3n) is 2.72. The first-order chi connectivity index (χ1) is 8.16. The number of ketones is 1. The average molecular weight is 228 g/mol. The van der Waals surface area contributed by atoms with Gasteiger partial charge in [-0.1, -0.05) is 12.1 Å². The first kappa shape index (κ1) is 11.5. The zero-order valence-corrected chi connectivity index (χ0v) is 10.1. The monoisotopic (exact) mass is 228 g/mol. The average Bonchev–Trinajstić information content (AvgIpc) is 2.82. The predicted molar refractivity (Wildman–Crippen MR) is 69.6 cm³/mol. The molecule has 88 valence electrons. The SMILES string of the molecule is Cc1cccc(N(C)CC(=O)c2ccc[nH]2)c1. The molecule has 1 heterocycles. The number of hydrogen-bond acceptors (Lipinski definition) is 2. The number of likely N-dealkylation sites (N-methyl/N-ethyl adjacent to an activating group) is 1. The van der Waals surface area contributed by atoms with Gasteiger partial charge in [0.2, 0.25) is 0 Å². The standard InChI is InChI=1S/C14H16N2O/c1-11-5-3-6-12(9-11)16(2)10-14(17)13-7-4-8-15-13/h3-9,15H,10H2,1-2H3. The lowest BCUT2D eigenvalue weighted by molar-refractivity contribution is 0.0996. The van der Waals surface area contributed by atoms with Gasteiger partial charge < -0.3 is 9.88 Å². The molecule has 0 radical (unpaired) electrons. The number of benzene rings is 1. The van der Waals surface area contributed by atoms with Gasteiger partial charge in [0.25, 0.3) is 0 Å². The number of rotatable bonds is 4. The van der Waals surface area contributed by atoms with Crippen LogP contribution >= 0.6 is 0 Å². The molecule has 0 aliphatic rings. The fraction of sp³-hybridized carbons (Fsp3) is 0.214. The second-order valence-electron chi connectivity index (χ2n) is 4.20. The van der Waals surface area contributed by atoms with Gasteiger partial charge in [-0.2, -0.15) is 0 Å². The highest BCUT2D eigenvalue weighted by Crippen LogP contribution is 2.14. The van der Waals surface area contributed by atoms with Crippen LogP contribution in [0.1, 0.15) is 16.1 Å². The van der Waals surface area contributed by atoms with Crippen LogP contribution in [0.4, 0.5) is 5.69 Å². The highest BCUT2D eigenvalue weighted by molar-refractivity contribution is 5.97. The third kappa shape index (κ3) is 2.75. The minimum Gasteiger partial charge on any atom is -0.367 e. The maximum atomic E-state index is 11.9. The molecule has 2 aromatic rings. The van der Waals surface area contributed by atoms with Gasteiger partial charge in [0.1, 0.15) is 0 Å². The van der Waals surface area contributed by atoms with Gasteiger partial charge in [-0.25, -0.2) is 0 Å². The lowest BCUT2D eigenvalue weighted by Gasteiger charge is -2.18. The molecule has 0 aliphatic carbocycles. The molecule has 0 amide bonds. The van der Waals surface area contributed by atoms with Crippen molar-refractivity contribution in [3.05, 3.63) is 53.9 Å². The Bertz CT molecular complexity index is 503. The van der Waals surface area contributed by atoms with Gasteiger partial charge in [0.15, 0.2) is 5.78 Å². The molecule has 0 spiro atoms. The lowest BCUT2D eigenvalue weighted by Crippen LogP contribution is -2.25. The highest BCUT2D eigenvalue weighted by Gasteiger charge is 2.10. The van der Waals surface area contributed by atoms with E-state index in [0.29, 0.717) is 12.2 Å². The van der Waals surface area contributed by atoms with E-state index in [1.54, 1.807) is 12.3 Å². The zero-order chi connectivity index (χ0) is 12.3. The Labute approximate surface area is 101 Å². The Hall–Kier alpha value is -2.03. The number of Topliss-reactive ketones (excluding diaryl/α,β-unsaturated/α-hetero) is 1. The molecule has 0 bridgehead atoms. The van der Waals surface area contributed by atoms with Gasteiger partial charge in [-0.3, -0.25) is 4.79 Å². The summed E-state index contributed by atoms with van der Waals surface area (Å²) >= 11 is 0. The molecule has 17 heavy (non-hydrogen) atoms. The number of nitrogens with zero attached hydrogens (tertiary/aromatic N) is 1. The summed E-state index contributed by atoms with van der Waals surface area (Å²) < 4.78 is 0. The van der Waals surface area contributed by atoms with Crippen LogP contribution in [0.2, 0.25) is 0 Å². The van der Waals surface area contributed by atoms with E-state index in [2.05, 4.69) is 11.1 Å². The Balaban J connectivity index is 2.07. The molecule has 3 nitrogen and oxygen atoms in total. The van der Waals surface area contributed by atoms with Crippen molar-refractivity contribution in [3.63, 3.8) is 0 Å². The summed E-state index contributed by atoms with van der Waals surface area (Å²) in [4.78, 5) is 16.8. The van der Waals surface area contributed by atoms with Gasteiger partial charge in [-0.15, -0.1) is 0 Å². The number of anilines is 1.